The highest BCUT2D eigenvalue weighted by Gasteiger charge is 2.24. The van der Waals surface area contributed by atoms with Gasteiger partial charge in [-0.25, -0.2) is 4.79 Å². The molecule has 0 atom stereocenters. The molecule has 0 radical (unpaired) electrons. The number of urea groups is 1. The summed E-state index contributed by atoms with van der Waals surface area (Å²) in [7, 11) is 0. The number of anilines is 5. The number of carbonyl (C=O) groups excluding carboxylic acids is 2. The van der Waals surface area contributed by atoms with Crippen molar-refractivity contribution < 1.29 is 9.59 Å². The van der Waals surface area contributed by atoms with Gasteiger partial charge in [-0.1, -0.05) is 30.3 Å². The lowest BCUT2D eigenvalue weighted by atomic mass is 10.1. The Balaban J connectivity index is 1.29. The van der Waals surface area contributed by atoms with Crippen LogP contribution in [-0.2, 0) is 4.79 Å². The SMILES string of the molecule is O=C(Nc1ccccc1)Nc1cccc(Nc2ccc3c(c2)NC(=O)C3=Cc2ccc[nH]2)c1. The minimum atomic E-state index is -0.319. The van der Waals surface area contributed by atoms with Crippen LogP contribution in [0.3, 0.4) is 0 Å². The molecule has 0 aliphatic carbocycles. The van der Waals surface area contributed by atoms with Gasteiger partial charge in [0.2, 0.25) is 0 Å². The second-order valence-corrected chi connectivity index (χ2v) is 7.55. The number of fused-ring (bicyclic) bond motifs is 1. The van der Waals surface area contributed by atoms with Gasteiger partial charge in [-0.2, -0.15) is 0 Å². The molecular weight excluding hydrogens is 414 g/mol. The van der Waals surface area contributed by atoms with Gasteiger partial charge >= 0.3 is 6.03 Å². The van der Waals surface area contributed by atoms with Crippen LogP contribution in [0.4, 0.5) is 33.2 Å². The maximum Gasteiger partial charge on any atom is 0.323 e. The zero-order valence-electron chi connectivity index (χ0n) is 17.6. The number of hydrogen-bond donors (Lipinski definition) is 5. The maximum absolute atomic E-state index is 12.4. The summed E-state index contributed by atoms with van der Waals surface area (Å²) in [6.45, 7) is 0. The van der Waals surface area contributed by atoms with Gasteiger partial charge in [-0.3, -0.25) is 4.79 Å². The Bertz CT molecular complexity index is 1340. The number of hydrogen-bond acceptors (Lipinski definition) is 3. The van der Waals surface area contributed by atoms with Crippen molar-refractivity contribution >= 4 is 52.0 Å². The molecule has 1 aromatic heterocycles. The first kappa shape index (κ1) is 20.1. The zero-order chi connectivity index (χ0) is 22.6. The Labute approximate surface area is 190 Å². The first-order valence-corrected chi connectivity index (χ1v) is 10.4. The third kappa shape index (κ3) is 4.62. The fraction of sp³-hybridized carbons (Fsp3) is 0. The lowest BCUT2D eigenvalue weighted by Crippen LogP contribution is -2.19. The van der Waals surface area contributed by atoms with E-state index < -0.39 is 0 Å². The van der Waals surface area contributed by atoms with Crippen molar-refractivity contribution in [3.05, 3.63) is 102 Å². The minimum Gasteiger partial charge on any atom is -0.362 e. The first-order valence-electron chi connectivity index (χ1n) is 10.4. The van der Waals surface area contributed by atoms with Gasteiger partial charge in [0.1, 0.15) is 0 Å². The van der Waals surface area contributed by atoms with Gasteiger partial charge in [-0.05, 0) is 60.7 Å². The van der Waals surface area contributed by atoms with Crippen molar-refractivity contribution in [2.75, 3.05) is 21.3 Å². The van der Waals surface area contributed by atoms with E-state index in [0.29, 0.717) is 16.9 Å². The average Bonchev–Trinajstić information content (AvgIpc) is 3.42. The molecule has 0 bridgehead atoms. The molecule has 0 saturated heterocycles. The normalized spacial score (nSPS) is 13.3. The van der Waals surface area contributed by atoms with E-state index in [0.717, 1.165) is 28.3 Å². The molecule has 2 heterocycles. The van der Waals surface area contributed by atoms with Crippen molar-refractivity contribution in [1.82, 2.24) is 4.98 Å². The van der Waals surface area contributed by atoms with Gasteiger partial charge in [0.15, 0.2) is 0 Å². The molecule has 33 heavy (non-hydrogen) atoms. The molecule has 4 aromatic rings. The van der Waals surface area contributed by atoms with Crippen molar-refractivity contribution in [1.29, 1.82) is 0 Å². The number of amides is 3. The van der Waals surface area contributed by atoms with Gasteiger partial charge in [-0.15, -0.1) is 0 Å². The summed E-state index contributed by atoms with van der Waals surface area (Å²) in [5.74, 6) is -0.132. The highest BCUT2D eigenvalue weighted by atomic mass is 16.2. The molecule has 0 unspecified atom stereocenters. The largest absolute Gasteiger partial charge is 0.362 e. The molecular formula is C26H21N5O2. The summed E-state index contributed by atoms with van der Waals surface area (Å²) in [6.07, 6.45) is 3.66. The van der Waals surface area contributed by atoms with Gasteiger partial charge in [0, 0.05) is 40.2 Å². The van der Waals surface area contributed by atoms with E-state index >= 15 is 0 Å². The van der Waals surface area contributed by atoms with E-state index in [4.69, 9.17) is 0 Å². The van der Waals surface area contributed by atoms with Crippen molar-refractivity contribution in [2.45, 2.75) is 0 Å². The highest BCUT2D eigenvalue weighted by molar-refractivity contribution is 6.35. The Kier molecular flexibility index (Phi) is 5.35. The van der Waals surface area contributed by atoms with Gasteiger partial charge in [0.05, 0.1) is 11.3 Å². The first-order chi connectivity index (χ1) is 16.1. The number of para-hydroxylation sites is 1. The predicted molar refractivity (Wildman–Crippen MR) is 133 cm³/mol. The summed E-state index contributed by atoms with van der Waals surface area (Å²) in [6, 6.07) is 25.9. The number of aromatic nitrogens is 1. The molecule has 3 aromatic carbocycles. The summed E-state index contributed by atoms with van der Waals surface area (Å²) < 4.78 is 0. The Morgan fingerprint density at radius 3 is 2.33 bits per heavy atom. The number of aromatic amines is 1. The predicted octanol–water partition coefficient (Wildman–Crippen LogP) is 5.90. The number of carbonyl (C=O) groups is 2. The molecule has 7 nitrogen and oxygen atoms in total. The van der Waals surface area contributed by atoms with Crippen LogP contribution in [0, 0.1) is 0 Å². The molecule has 162 valence electrons. The van der Waals surface area contributed by atoms with Crippen LogP contribution < -0.4 is 21.3 Å². The Hall–Kier alpha value is -4.78. The Morgan fingerprint density at radius 1 is 0.758 bits per heavy atom. The van der Waals surface area contributed by atoms with Gasteiger partial charge < -0.3 is 26.3 Å². The van der Waals surface area contributed by atoms with Crippen molar-refractivity contribution in [3.8, 4) is 0 Å². The van der Waals surface area contributed by atoms with E-state index in [2.05, 4.69) is 26.3 Å². The van der Waals surface area contributed by atoms with Crippen LogP contribution in [0.5, 0.6) is 0 Å². The fourth-order valence-corrected chi connectivity index (χ4v) is 3.66. The number of benzene rings is 3. The Morgan fingerprint density at radius 2 is 1.52 bits per heavy atom. The molecule has 3 amide bonds. The van der Waals surface area contributed by atoms with Crippen LogP contribution in [0.25, 0.3) is 11.6 Å². The van der Waals surface area contributed by atoms with Crippen LogP contribution >= 0.6 is 0 Å². The average molecular weight is 435 g/mol. The molecule has 1 aliphatic heterocycles. The number of nitrogens with one attached hydrogen (secondary N) is 5. The van der Waals surface area contributed by atoms with E-state index in [-0.39, 0.29) is 11.9 Å². The molecule has 5 N–H and O–H groups in total. The van der Waals surface area contributed by atoms with E-state index in [9.17, 15) is 9.59 Å². The van der Waals surface area contributed by atoms with Crippen LogP contribution in [-0.4, -0.2) is 16.9 Å². The quantitative estimate of drug-likeness (QED) is 0.253. The summed E-state index contributed by atoms with van der Waals surface area (Å²) in [5, 5.41) is 11.9. The lowest BCUT2D eigenvalue weighted by molar-refractivity contribution is -0.110. The molecule has 1 aliphatic rings. The van der Waals surface area contributed by atoms with Crippen molar-refractivity contribution in [3.63, 3.8) is 0 Å². The van der Waals surface area contributed by atoms with Crippen LogP contribution in [0.1, 0.15) is 11.3 Å². The molecule has 0 saturated carbocycles. The summed E-state index contributed by atoms with van der Waals surface area (Å²) in [5.41, 5.74) is 6.09. The molecule has 7 heteroatoms. The highest BCUT2D eigenvalue weighted by Crippen LogP contribution is 2.35. The molecule has 0 spiro atoms. The van der Waals surface area contributed by atoms with Crippen molar-refractivity contribution in [2.24, 2.45) is 0 Å². The van der Waals surface area contributed by atoms with E-state index in [1.165, 1.54) is 0 Å². The van der Waals surface area contributed by atoms with E-state index in [1.807, 2.05) is 97.2 Å². The molecule has 5 rings (SSSR count). The molecule has 0 fully saturated rings. The summed E-state index contributed by atoms with van der Waals surface area (Å²) in [4.78, 5) is 27.8. The van der Waals surface area contributed by atoms with Crippen LogP contribution in [0.15, 0.2) is 91.1 Å². The monoisotopic (exact) mass is 435 g/mol. The van der Waals surface area contributed by atoms with Crippen LogP contribution in [0.2, 0.25) is 0 Å². The minimum absolute atomic E-state index is 0.132. The topological polar surface area (TPSA) is 98.0 Å². The lowest BCUT2D eigenvalue weighted by Gasteiger charge is -2.11. The summed E-state index contributed by atoms with van der Waals surface area (Å²) >= 11 is 0. The third-order valence-electron chi connectivity index (χ3n) is 5.17. The second kappa shape index (κ2) is 8.76. The zero-order valence-corrected chi connectivity index (χ0v) is 17.6. The number of rotatable bonds is 5. The van der Waals surface area contributed by atoms with E-state index in [1.54, 1.807) is 0 Å². The number of H-pyrrole nitrogens is 1. The fourth-order valence-electron chi connectivity index (χ4n) is 3.66. The smallest absolute Gasteiger partial charge is 0.323 e. The standard InChI is InChI=1S/C26H21N5O2/c32-25-23(15-18-10-5-13-27-18)22-12-11-21(16-24(22)31-25)28-19-8-4-9-20(14-19)30-26(33)29-17-6-2-1-3-7-17/h1-16,27-28H,(H,31,32)(H2,29,30,33). The van der Waals surface area contributed by atoms with Gasteiger partial charge in [0.25, 0.3) is 5.91 Å². The third-order valence-corrected chi connectivity index (χ3v) is 5.17. The maximum atomic E-state index is 12.4. The second-order valence-electron chi connectivity index (χ2n) is 7.55.